The summed E-state index contributed by atoms with van der Waals surface area (Å²) in [5.74, 6) is 0.458. The molecule has 4 heteroatoms. The second-order valence-electron chi connectivity index (χ2n) is 8.59. The molecule has 4 nitrogen and oxygen atoms in total. The average Bonchev–Trinajstić information content (AvgIpc) is 2.70. The number of carbonyl (C=O) groups is 1. The summed E-state index contributed by atoms with van der Waals surface area (Å²) in [6, 6.07) is 0. The van der Waals surface area contributed by atoms with Gasteiger partial charge in [0.1, 0.15) is 0 Å². The third-order valence-electron chi connectivity index (χ3n) is 5.26. The highest BCUT2D eigenvalue weighted by molar-refractivity contribution is 5.69. The molecule has 0 spiro atoms. The number of rotatable bonds is 22. The molecule has 0 saturated heterocycles. The Labute approximate surface area is 181 Å². The molecule has 0 fully saturated rings. The van der Waals surface area contributed by atoms with Gasteiger partial charge in [-0.3, -0.25) is 4.79 Å². The monoisotopic (exact) mass is 414 g/mol. The second kappa shape index (κ2) is 22.1. The lowest BCUT2D eigenvalue weighted by Crippen LogP contribution is -2.15. The number of carbonyl (C=O) groups excluding carboxylic acids is 1. The normalized spacial score (nSPS) is 12.4. The summed E-state index contributed by atoms with van der Waals surface area (Å²) < 4.78 is 16.5. The van der Waals surface area contributed by atoms with Crippen molar-refractivity contribution < 1.29 is 19.0 Å². The van der Waals surface area contributed by atoms with E-state index in [1.54, 1.807) is 0 Å². The molecule has 0 bridgehead atoms. The van der Waals surface area contributed by atoms with E-state index in [2.05, 4.69) is 13.8 Å². The van der Waals surface area contributed by atoms with Gasteiger partial charge < -0.3 is 14.2 Å². The molecule has 0 rings (SSSR count). The smallest absolute Gasteiger partial charge is 0.305 e. The third kappa shape index (κ3) is 21.9. The van der Waals surface area contributed by atoms with Crippen molar-refractivity contribution in [2.45, 2.75) is 124 Å². The van der Waals surface area contributed by atoms with E-state index in [1.165, 1.54) is 77.0 Å². The van der Waals surface area contributed by atoms with Gasteiger partial charge in [0.2, 0.25) is 0 Å². The number of hydrogen-bond acceptors (Lipinski definition) is 4. The molecule has 0 aliphatic heterocycles. The van der Waals surface area contributed by atoms with E-state index in [-0.39, 0.29) is 12.1 Å². The Balaban J connectivity index is 3.88. The van der Waals surface area contributed by atoms with Crippen LogP contribution < -0.4 is 0 Å². The first-order valence-electron chi connectivity index (χ1n) is 12.4. The quantitative estimate of drug-likeness (QED) is 0.140. The molecule has 1 unspecified atom stereocenters. The molecular formula is C25H50O4. The SMILES string of the molecule is CCCCCCCCC(CCCCCC)COC(=O)CCCOCCOC(C)C. The molecule has 0 aliphatic carbocycles. The minimum absolute atomic E-state index is 0.0754. The summed E-state index contributed by atoms with van der Waals surface area (Å²) in [4.78, 5) is 12.0. The van der Waals surface area contributed by atoms with Crippen LogP contribution >= 0.6 is 0 Å². The fourth-order valence-corrected chi connectivity index (χ4v) is 3.43. The van der Waals surface area contributed by atoms with E-state index in [1.807, 2.05) is 13.8 Å². The Bertz CT molecular complexity index is 344. The molecule has 29 heavy (non-hydrogen) atoms. The number of unbranched alkanes of at least 4 members (excludes halogenated alkanes) is 8. The van der Waals surface area contributed by atoms with Crippen LogP contribution in [-0.2, 0) is 19.0 Å². The van der Waals surface area contributed by atoms with E-state index in [4.69, 9.17) is 14.2 Å². The summed E-state index contributed by atoms with van der Waals surface area (Å²) in [5, 5.41) is 0. The van der Waals surface area contributed by atoms with Gasteiger partial charge in [-0.05, 0) is 39.0 Å². The molecule has 0 N–H and O–H groups in total. The topological polar surface area (TPSA) is 44.8 Å². The Morgan fingerprint density at radius 1 is 0.724 bits per heavy atom. The van der Waals surface area contributed by atoms with Crippen molar-refractivity contribution in [2.24, 2.45) is 5.92 Å². The van der Waals surface area contributed by atoms with Crippen LogP contribution in [0, 0.1) is 5.92 Å². The van der Waals surface area contributed by atoms with Crippen molar-refractivity contribution in [3.8, 4) is 0 Å². The molecule has 0 aromatic carbocycles. The van der Waals surface area contributed by atoms with Crippen molar-refractivity contribution in [3.63, 3.8) is 0 Å². The third-order valence-corrected chi connectivity index (χ3v) is 5.26. The highest BCUT2D eigenvalue weighted by Gasteiger charge is 2.12. The first-order valence-corrected chi connectivity index (χ1v) is 12.4. The van der Waals surface area contributed by atoms with Gasteiger partial charge in [0.05, 0.1) is 25.9 Å². The standard InChI is InChI=1S/C25H50O4/c1-5-7-9-11-12-14-17-24(16-13-10-8-6-2)22-29-25(26)18-15-19-27-20-21-28-23(3)4/h23-24H,5-22H2,1-4H3. The maximum Gasteiger partial charge on any atom is 0.305 e. The average molecular weight is 415 g/mol. The van der Waals surface area contributed by atoms with Crippen molar-refractivity contribution in [1.29, 1.82) is 0 Å². The van der Waals surface area contributed by atoms with Gasteiger partial charge in [-0.15, -0.1) is 0 Å². The molecule has 0 aliphatic rings. The summed E-state index contributed by atoms with van der Waals surface area (Å²) in [7, 11) is 0. The minimum Gasteiger partial charge on any atom is -0.465 e. The van der Waals surface area contributed by atoms with Gasteiger partial charge in [-0.25, -0.2) is 0 Å². The van der Waals surface area contributed by atoms with Gasteiger partial charge in [0, 0.05) is 13.0 Å². The van der Waals surface area contributed by atoms with Crippen LogP contribution in [0.5, 0.6) is 0 Å². The number of esters is 1. The van der Waals surface area contributed by atoms with Gasteiger partial charge in [0.15, 0.2) is 0 Å². The fraction of sp³-hybridized carbons (Fsp3) is 0.960. The fourth-order valence-electron chi connectivity index (χ4n) is 3.43. The predicted molar refractivity (Wildman–Crippen MR) is 122 cm³/mol. The predicted octanol–water partition coefficient (Wildman–Crippen LogP) is 7.09. The van der Waals surface area contributed by atoms with Crippen LogP contribution in [0.15, 0.2) is 0 Å². The van der Waals surface area contributed by atoms with E-state index >= 15 is 0 Å². The highest BCUT2D eigenvalue weighted by atomic mass is 16.5. The van der Waals surface area contributed by atoms with Gasteiger partial charge in [-0.1, -0.05) is 78.1 Å². The summed E-state index contributed by atoms with van der Waals surface area (Å²) in [6.45, 7) is 10.9. The first-order chi connectivity index (χ1) is 14.1. The van der Waals surface area contributed by atoms with Gasteiger partial charge in [-0.2, -0.15) is 0 Å². The van der Waals surface area contributed by atoms with E-state index in [9.17, 15) is 4.79 Å². The lowest BCUT2D eigenvalue weighted by Gasteiger charge is -2.17. The lowest BCUT2D eigenvalue weighted by molar-refractivity contribution is -0.145. The Kier molecular flexibility index (Phi) is 21.6. The van der Waals surface area contributed by atoms with Gasteiger partial charge >= 0.3 is 5.97 Å². The van der Waals surface area contributed by atoms with Crippen molar-refractivity contribution >= 4 is 5.97 Å². The summed E-state index contributed by atoms with van der Waals surface area (Å²) >= 11 is 0. The van der Waals surface area contributed by atoms with Crippen LogP contribution in [0.3, 0.4) is 0 Å². The largest absolute Gasteiger partial charge is 0.465 e. The van der Waals surface area contributed by atoms with E-state index < -0.39 is 0 Å². The zero-order valence-electron chi connectivity index (χ0n) is 20.0. The summed E-state index contributed by atoms with van der Waals surface area (Å²) in [5.41, 5.74) is 0. The van der Waals surface area contributed by atoms with Crippen molar-refractivity contribution in [2.75, 3.05) is 26.4 Å². The van der Waals surface area contributed by atoms with Crippen LogP contribution in [0.1, 0.15) is 118 Å². The minimum atomic E-state index is -0.0754. The molecule has 0 saturated carbocycles. The molecule has 0 heterocycles. The van der Waals surface area contributed by atoms with Crippen LogP contribution in [-0.4, -0.2) is 38.5 Å². The number of hydrogen-bond donors (Lipinski definition) is 0. The Hall–Kier alpha value is -0.610. The zero-order chi connectivity index (χ0) is 21.6. The van der Waals surface area contributed by atoms with Gasteiger partial charge in [0.25, 0.3) is 0 Å². The van der Waals surface area contributed by atoms with Crippen LogP contribution in [0.2, 0.25) is 0 Å². The molecule has 174 valence electrons. The molecule has 0 aromatic heterocycles. The second-order valence-corrected chi connectivity index (χ2v) is 8.59. The zero-order valence-corrected chi connectivity index (χ0v) is 20.0. The Morgan fingerprint density at radius 2 is 1.31 bits per heavy atom. The van der Waals surface area contributed by atoms with Crippen molar-refractivity contribution in [3.05, 3.63) is 0 Å². The summed E-state index contributed by atoms with van der Waals surface area (Å²) in [6.07, 6.45) is 16.9. The maximum absolute atomic E-state index is 12.0. The number of ether oxygens (including phenoxy) is 3. The van der Waals surface area contributed by atoms with E-state index in [0.29, 0.717) is 38.8 Å². The molecule has 1 atom stereocenters. The molecule has 0 amide bonds. The molecule has 0 aromatic rings. The lowest BCUT2D eigenvalue weighted by atomic mass is 9.95. The first kappa shape index (κ1) is 28.4. The maximum atomic E-state index is 12.0. The van der Waals surface area contributed by atoms with E-state index in [0.717, 1.165) is 6.42 Å². The molecular weight excluding hydrogens is 364 g/mol. The van der Waals surface area contributed by atoms with Crippen LogP contribution in [0.25, 0.3) is 0 Å². The highest BCUT2D eigenvalue weighted by Crippen LogP contribution is 2.19. The Morgan fingerprint density at radius 3 is 1.93 bits per heavy atom. The van der Waals surface area contributed by atoms with Crippen molar-refractivity contribution in [1.82, 2.24) is 0 Å². The van der Waals surface area contributed by atoms with Crippen LogP contribution in [0.4, 0.5) is 0 Å². The molecule has 0 radical (unpaired) electrons.